The van der Waals surface area contributed by atoms with Gasteiger partial charge >= 0.3 is 5.97 Å². The molecule has 0 saturated heterocycles. The molecule has 0 N–H and O–H groups in total. The lowest BCUT2D eigenvalue weighted by Gasteiger charge is -2.13. The van der Waals surface area contributed by atoms with E-state index in [1.165, 1.54) is 6.26 Å². The predicted octanol–water partition coefficient (Wildman–Crippen LogP) is 4.97. The number of carbonyl (C=O) groups is 1. The van der Waals surface area contributed by atoms with Gasteiger partial charge in [-0.25, -0.2) is 9.79 Å². The van der Waals surface area contributed by atoms with Crippen LogP contribution >= 0.6 is 15.9 Å². The molecule has 1 aliphatic rings. The van der Waals surface area contributed by atoms with E-state index in [0.29, 0.717) is 33.9 Å². The maximum atomic E-state index is 12.1. The van der Waals surface area contributed by atoms with Crippen molar-refractivity contribution in [3.63, 3.8) is 0 Å². The molecule has 1 aromatic heterocycles. The number of rotatable bonds is 6. The number of cyclic esters (lactones) is 1. The summed E-state index contributed by atoms with van der Waals surface area (Å²) in [6.07, 6.45) is 3.11. The maximum absolute atomic E-state index is 12.1. The highest BCUT2D eigenvalue weighted by molar-refractivity contribution is 9.10. The van der Waals surface area contributed by atoms with Crippen LogP contribution in [-0.2, 0) is 16.1 Å². The number of aliphatic imine (C=N–C) groups is 1. The molecule has 0 unspecified atom stereocenters. The van der Waals surface area contributed by atoms with Gasteiger partial charge in [0.05, 0.1) is 17.8 Å². The third-order valence-corrected chi connectivity index (χ3v) is 4.72. The number of ether oxygens (including phenoxy) is 3. The number of halogens is 1. The zero-order valence-corrected chi connectivity index (χ0v) is 17.0. The van der Waals surface area contributed by atoms with Crippen LogP contribution in [0.2, 0.25) is 0 Å². The number of esters is 1. The molecule has 29 heavy (non-hydrogen) atoms. The van der Waals surface area contributed by atoms with Gasteiger partial charge in [0, 0.05) is 0 Å². The van der Waals surface area contributed by atoms with Crippen molar-refractivity contribution in [1.82, 2.24) is 0 Å². The lowest BCUT2D eigenvalue weighted by atomic mass is 10.1. The normalized spacial score (nSPS) is 14.6. The number of carbonyl (C=O) groups excluding carboxylic acids is 1. The Bertz CT molecular complexity index is 1090. The summed E-state index contributed by atoms with van der Waals surface area (Å²) in [7, 11) is 1.56. The third kappa shape index (κ3) is 4.25. The molecule has 0 fully saturated rings. The van der Waals surface area contributed by atoms with Gasteiger partial charge in [0.1, 0.15) is 6.61 Å². The van der Waals surface area contributed by atoms with Crippen LogP contribution in [0.15, 0.2) is 80.4 Å². The average molecular weight is 454 g/mol. The van der Waals surface area contributed by atoms with Gasteiger partial charge in [-0.05, 0) is 57.4 Å². The van der Waals surface area contributed by atoms with Crippen LogP contribution < -0.4 is 9.47 Å². The minimum atomic E-state index is -0.545. The molecule has 0 bridgehead atoms. The van der Waals surface area contributed by atoms with Gasteiger partial charge in [0.2, 0.25) is 0 Å². The van der Waals surface area contributed by atoms with E-state index in [1.54, 1.807) is 31.4 Å². The number of hydrogen-bond acceptors (Lipinski definition) is 6. The van der Waals surface area contributed by atoms with E-state index < -0.39 is 5.97 Å². The second-order valence-electron chi connectivity index (χ2n) is 6.12. The molecule has 0 saturated carbocycles. The first-order valence-corrected chi connectivity index (χ1v) is 9.54. The molecule has 0 spiro atoms. The quantitative estimate of drug-likeness (QED) is 0.389. The number of hydrogen-bond donors (Lipinski definition) is 0. The molecular formula is C22H16BrNO5. The van der Waals surface area contributed by atoms with Gasteiger partial charge in [-0.1, -0.05) is 30.3 Å². The molecule has 0 aliphatic carbocycles. The van der Waals surface area contributed by atoms with Crippen LogP contribution in [0.1, 0.15) is 16.9 Å². The van der Waals surface area contributed by atoms with Gasteiger partial charge in [-0.3, -0.25) is 0 Å². The number of benzene rings is 2. The Morgan fingerprint density at radius 3 is 2.69 bits per heavy atom. The summed E-state index contributed by atoms with van der Waals surface area (Å²) < 4.78 is 22.5. The summed E-state index contributed by atoms with van der Waals surface area (Å²) in [5.41, 5.74) is 1.92. The van der Waals surface area contributed by atoms with Crippen LogP contribution in [0.3, 0.4) is 0 Å². The van der Waals surface area contributed by atoms with Crippen LogP contribution in [-0.4, -0.2) is 19.0 Å². The zero-order valence-electron chi connectivity index (χ0n) is 15.4. The van der Waals surface area contributed by atoms with Crippen molar-refractivity contribution in [3.05, 3.63) is 87.9 Å². The highest BCUT2D eigenvalue weighted by atomic mass is 79.9. The van der Waals surface area contributed by atoms with Crippen LogP contribution in [0, 0.1) is 0 Å². The molecule has 2 aromatic carbocycles. The second kappa shape index (κ2) is 8.36. The van der Waals surface area contributed by atoms with Crippen LogP contribution in [0.4, 0.5) is 0 Å². The highest BCUT2D eigenvalue weighted by Crippen LogP contribution is 2.38. The Morgan fingerprint density at radius 1 is 1.14 bits per heavy atom. The van der Waals surface area contributed by atoms with Gasteiger partial charge in [-0.15, -0.1) is 0 Å². The summed E-state index contributed by atoms with van der Waals surface area (Å²) in [4.78, 5) is 16.4. The standard InChI is InChI=1S/C22H16BrNO5/c1-26-19-12-15(10-16(23)20(19)28-13-14-6-3-2-4-7-14)11-17-22(25)29-21(24-17)18-8-5-9-27-18/h2-12H,13H2,1H3/b17-11-. The molecule has 3 aromatic rings. The van der Waals surface area contributed by atoms with Crippen molar-refractivity contribution in [1.29, 1.82) is 0 Å². The fraction of sp³-hybridized carbons (Fsp3) is 0.0909. The van der Waals surface area contributed by atoms with E-state index >= 15 is 0 Å². The maximum Gasteiger partial charge on any atom is 0.363 e. The molecule has 1 aliphatic heterocycles. The fourth-order valence-electron chi connectivity index (χ4n) is 2.77. The molecule has 2 heterocycles. The van der Waals surface area contributed by atoms with E-state index in [0.717, 1.165) is 5.56 Å². The molecular weight excluding hydrogens is 438 g/mol. The average Bonchev–Trinajstić information content (AvgIpc) is 3.38. The first kappa shape index (κ1) is 19.0. The van der Waals surface area contributed by atoms with Gasteiger partial charge in [-0.2, -0.15) is 0 Å². The Hall–Kier alpha value is -3.32. The van der Waals surface area contributed by atoms with Crippen molar-refractivity contribution < 1.29 is 23.4 Å². The molecule has 0 amide bonds. The number of furan rings is 1. The summed E-state index contributed by atoms with van der Waals surface area (Å²) in [5, 5.41) is 0. The second-order valence-corrected chi connectivity index (χ2v) is 6.98. The van der Waals surface area contributed by atoms with Crippen molar-refractivity contribution >= 4 is 33.9 Å². The highest BCUT2D eigenvalue weighted by Gasteiger charge is 2.26. The zero-order chi connectivity index (χ0) is 20.2. The Morgan fingerprint density at radius 2 is 1.97 bits per heavy atom. The Labute approximate surface area is 175 Å². The summed E-state index contributed by atoms with van der Waals surface area (Å²) >= 11 is 3.52. The van der Waals surface area contributed by atoms with Crippen molar-refractivity contribution in [2.45, 2.75) is 6.61 Å². The number of methoxy groups -OCH3 is 1. The van der Waals surface area contributed by atoms with E-state index in [4.69, 9.17) is 18.6 Å². The van der Waals surface area contributed by atoms with E-state index in [-0.39, 0.29) is 11.6 Å². The van der Waals surface area contributed by atoms with Gasteiger partial charge in [0.15, 0.2) is 23.0 Å². The molecule has 6 nitrogen and oxygen atoms in total. The minimum absolute atomic E-state index is 0.139. The van der Waals surface area contributed by atoms with E-state index in [2.05, 4.69) is 20.9 Å². The summed E-state index contributed by atoms with van der Waals surface area (Å²) in [6, 6.07) is 16.8. The lowest BCUT2D eigenvalue weighted by molar-refractivity contribution is -0.130. The number of nitrogens with zero attached hydrogens (tertiary/aromatic N) is 1. The van der Waals surface area contributed by atoms with Crippen molar-refractivity contribution in [2.75, 3.05) is 7.11 Å². The van der Waals surface area contributed by atoms with Crippen LogP contribution in [0.5, 0.6) is 11.5 Å². The monoisotopic (exact) mass is 453 g/mol. The molecule has 4 rings (SSSR count). The third-order valence-electron chi connectivity index (χ3n) is 4.13. The first-order chi connectivity index (χ1) is 14.1. The summed E-state index contributed by atoms with van der Waals surface area (Å²) in [6.45, 7) is 0.402. The largest absolute Gasteiger partial charge is 0.493 e. The molecule has 146 valence electrons. The Balaban J connectivity index is 1.59. The van der Waals surface area contributed by atoms with Gasteiger partial charge < -0.3 is 18.6 Å². The van der Waals surface area contributed by atoms with E-state index in [1.807, 2.05) is 36.4 Å². The Kier molecular flexibility index (Phi) is 5.48. The smallest absolute Gasteiger partial charge is 0.363 e. The predicted molar refractivity (Wildman–Crippen MR) is 111 cm³/mol. The molecule has 0 radical (unpaired) electrons. The summed E-state index contributed by atoms with van der Waals surface area (Å²) in [5.74, 6) is 1.09. The minimum Gasteiger partial charge on any atom is -0.493 e. The lowest BCUT2D eigenvalue weighted by Crippen LogP contribution is -2.04. The van der Waals surface area contributed by atoms with Crippen molar-refractivity contribution in [3.8, 4) is 11.5 Å². The topological polar surface area (TPSA) is 70.3 Å². The van der Waals surface area contributed by atoms with Gasteiger partial charge in [0.25, 0.3) is 5.90 Å². The first-order valence-electron chi connectivity index (χ1n) is 8.75. The van der Waals surface area contributed by atoms with E-state index in [9.17, 15) is 4.79 Å². The fourth-order valence-corrected chi connectivity index (χ4v) is 3.34. The SMILES string of the molecule is COc1cc(/C=C2\N=C(c3ccco3)OC2=O)cc(Br)c1OCc1ccccc1. The van der Waals surface area contributed by atoms with Crippen molar-refractivity contribution in [2.24, 2.45) is 4.99 Å². The molecule has 7 heteroatoms. The molecule has 0 atom stereocenters. The van der Waals surface area contributed by atoms with Crippen LogP contribution in [0.25, 0.3) is 6.08 Å².